The number of benzene rings is 2. The molecule has 1 aliphatic rings. The summed E-state index contributed by atoms with van der Waals surface area (Å²) in [6.07, 6.45) is -2.95. The molecule has 0 unspecified atom stereocenters. The maximum absolute atomic E-state index is 10.3. The predicted octanol–water partition coefficient (Wildman–Crippen LogP) is 2.17. The Balaban J connectivity index is 1.82. The molecule has 1 fully saturated rings. The zero-order valence-electron chi connectivity index (χ0n) is 14.8. The quantitative estimate of drug-likeness (QED) is 0.546. The van der Waals surface area contributed by atoms with Crippen LogP contribution in [0.15, 0.2) is 47.4 Å². The lowest BCUT2D eigenvalue weighted by atomic mass is 9.96. The minimum atomic E-state index is -1.28. The molecule has 0 aromatic heterocycles. The van der Waals surface area contributed by atoms with Gasteiger partial charge in [-0.1, -0.05) is 35.9 Å². The van der Waals surface area contributed by atoms with Crippen molar-refractivity contribution < 1.29 is 25.2 Å². The highest BCUT2D eigenvalue weighted by Gasteiger charge is 2.46. The van der Waals surface area contributed by atoms with E-state index in [-0.39, 0.29) is 0 Å². The second-order valence-electron chi connectivity index (χ2n) is 6.63. The summed E-state index contributed by atoms with van der Waals surface area (Å²) in [7, 11) is 0. The first kappa shape index (κ1) is 20.6. The van der Waals surface area contributed by atoms with E-state index < -0.39 is 37.1 Å². The van der Waals surface area contributed by atoms with Crippen LogP contribution in [0, 0.1) is 0 Å². The summed E-state index contributed by atoms with van der Waals surface area (Å²) in [6, 6.07) is 13.5. The molecule has 0 saturated carbocycles. The van der Waals surface area contributed by atoms with E-state index in [0.29, 0.717) is 17.0 Å². The van der Waals surface area contributed by atoms with Crippen LogP contribution in [0.1, 0.15) is 22.8 Å². The first-order valence-corrected chi connectivity index (χ1v) is 10.3. The maximum atomic E-state index is 10.3. The third-order valence-electron chi connectivity index (χ3n) is 4.82. The summed E-state index contributed by atoms with van der Waals surface area (Å²) in [5.74, 6) is 0. The van der Waals surface area contributed by atoms with Crippen molar-refractivity contribution in [1.29, 1.82) is 0 Å². The Hall–Kier alpha value is -1.12. The van der Waals surface area contributed by atoms with Crippen LogP contribution in [0.3, 0.4) is 0 Å². The van der Waals surface area contributed by atoms with Gasteiger partial charge in [-0.2, -0.15) is 0 Å². The summed E-state index contributed by atoms with van der Waals surface area (Å²) in [6.45, 7) is -0.556. The van der Waals surface area contributed by atoms with Gasteiger partial charge in [0.2, 0.25) is 0 Å². The molecule has 2 aromatic carbocycles. The van der Waals surface area contributed by atoms with Crippen molar-refractivity contribution >= 4 is 23.4 Å². The van der Waals surface area contributed by atoms with E-state index in [0.717, 1.165) is 11.1 Å². The summed E-state index contributed by atoms with van der Waals surface area (Å²) >= 11 is 8.03. The molecule has 5 atom stereocenters. The second kappa shape index (κ2) is 8.92. The Kier molecular flexibility index (Phi) is 6.81. The van der Waals surface area contributed by atoms with Gasteiger partial charge in [-0.15, -0.1) is 11.8 Å². The Morgan fingerprint density at radius 3 is 2.44 bits per heavy atom. The number of aliphatic hydroxyl groups is 4. The van der Waals surface area contributed by atoms with Gasteiger partial charge >= 0.3 is 0 Å². The van der Waals surface area contributed by atoms with E-state index in [2.05, 4.69) is 12.1 Å². The third kappa shape index (κ3) is 4.49. The summed E-state index contributed by atoms with van der Waals surface area (Å²) in [5.41, 5.74) is 2.64. The number of rotatable bonds is 6. The standard InChI is InChI=1S/C20H23ClO5S/c1-27-14-5-2-11(3-6-14)8-13-9-12(4-7-15(13)21)19-17(24)18(25)20(26-19)16(23)10-22/h2-7,9,16-20,22-25H,8,10H2,1H3/t16-,17+,18+,19-,20+/m0/s1. The van der Waals surface area contributed by atoms with Crippen LogP contribution in [0.2, 0.25) is 5.02 Å². The SMILES string of the molecule is CSc1ccc(Cc2cc([C@@H]3O[C@H]([C@@H](O)CO)[C@H](O)[C@H]3O)ccc2Cl)cc1. The lowest BCUT2D eigenvalue weighted by molar-refractivity contribution is -0.0820. The minimum Gasteiger partial charge on any atom is -0.394 e. The topological polar surface area (TPSA) is 90.2 Å². The molecule has 1 heterocycles. The van der Waals surface area contributed by atoms with Crippen molar-refractivity contribution in [3.05, 3.63) is 64.2 Å². The van der Waals surface area contributed by atoms with Crippen LogP contribution in [-0.4, -0.2) is 57.7 Å². The van der Waals surface area contributed by atoms with Crippen LogP contribution in [0.4, 0.5) is 0 Å². The van der Waals surface area contributed by atoms with Crippen LogP contribution in [-0.2, 0) is 11.2 Å². The van der Waals surface area contributed by atoms with Gasteiger partial charge < -0.3 is 25.2 Å². The molecule has 4 N–H and O–H groups in total. The molecule has 0 spiro atoms. The maximum Gasteiger partial charge on any atom is 0.115 e. The Bertz CT molecular complexity index is 769. The van der Waals surface area contributed by atoms with Gasteiger partial charge in [0.15, 0.2) is 0 Å². The van der Waals surface area contributed by atoms with Gasteiger partial charge in [0.25, 0.3) is 0 Å². The van der Waals surface area contributed by atoms with E-state index in [1.807, 2.05) is 24.5 Å². The van der Waals surface area contributed by atoms with E-state index >= 15 is 0 Å². The lowest BCUT2D eigenvalue weighted by Crippen LogP contribution is -2.40. The third-order valence-corrected chi connectivity index (χ3v) is 5.93. The number of ether oxygens (including phenoxy) is 1. The molecule has 0 aliphatic carbocycles. The van der Waals surface area contributed by atoms with Crippen molar-refractivity contribution in [2.45, 2.75) is 41.8 Å². The predicted molar refractivity (Wildman–Crippen MR) is 105 cm³/mol. The Labute approximate surface area is 167 Å². The molecular formula is C20H23ClO5S. The highest BCUT2D eigenvalue weighted by Crippen LogP contribution is 2.36. The van der Waals surface area contributed by atoms with Crippen LogP contribution in [0.25, 0.3) is 0 Å². The van der Waals surface area contributed by atoms with E-state index in [1.54, 1.807) is 23.9 Å². The van der Waals surface area contributed by atoms with E-state index in [4.69, 9.17) is 21.4 Å². The van der Waals surface area contributed by atoms with Gasteiger partial charge in [-0.25, -0.2) is 0 Å². The summed E-state index contributed by atoms with van der Waals surface area (Å²) in [5, 5.41) is 39.9. The fourth-order valence-corrected chi connectivity index (χ4v) is 3.86. The van der Waals surface area contributed by atoms with Crippen molar-refractivity contribution in [2.75, 3.05) is 12.9 Å². The van der Waals surface area contributed by atoms with E-state index in [9.17, 15) is 15.3 Å². The highest BCUT2D eigenvalue weighted by atomic mass is 35.5. The number of hydrogen-bond acceptors (Lipinski definition) is 6. The highest BCUT2D eigenvalue weighted by molar-refractivity contribution is 7.98. The van der Waals surface area contributed by atoms with Crippen molar-refractivity contribution in [1.82, 2.24) is 0 Å². The minimum absolute atomic E-state index is 0.556. The molecule has 2 aromatic rings. The fraction of sp³-hybridized carbons (Fsp3) is 0.400. The molecule has 27 heavy (non-hydrogen) atoms. The van der Waals surface area contributed by atoms with Gasteiger partial charge in [-0.05, 0) is 47.6 Å². The lowest BCUT2D eigenvalue weighted by Gasteiger charge is -2.19. The molecule has 7 heteroatoms. The van der Waals surface area contributed by atoms with Gasteiger partial charge in [0.1, 0.15) is 30.5 Å². The Morgan fingerprint density at radius 1 is 1.11 bits per heavy atom. The number of hydrogen-bond donors (Lipinski definition) is 4. The largest absolute Gasteiger partial charge is 0.394 e. The number of aliphatic hydroxyl groups excluding tert-OH is 4. The smallest absolute Gasteiger partial charge is 0.115 e. The Morgan fingerprint density at radius 2 is 1.81 bits per heavy atom. The average Bonchev–Trinajstić information content (AvgIpc) is 2.98. The van der Waals surface area contributed by atoms with E-state index in [1.165, 1.54) is 4.90 Å². The van der Waals surface area contributed by atoms with Crippen LogP contribution < -0.4 is 0 Å². The first-order chi connectivity index (χ1) is 12.9. The molecular weight excluding hydrogens is 388 g/mol. The van der Waals surface area contributed by atoms with Gasteiger partial charge in [0.05, 0.1) is 6.61 Å². The zero-order chi connectivity index (χ0) is 19.6. The molecule has 5 nitrogen and oxygen atoms in total. The molecule has 1 saturated heterocycles. The first-order valence-electron chi connectivity index (χ1n) is 8.66. The van der Waals surface area contributed by atoms with Crippen LogP contribution >= 0.6 is 23.4 Å². The van der Waals surface area contributed by atoms with Gasteiger partial charge in [-0.3, -0.25) is 0 Å². The van der Waals surface area contributed by atoms with Crippen molar-refractivity contribution in [3.8, 4) is 0 Å². The van der Waals surface area contributed by atoms with Crippen LogP contribution in [0.5, 0.6) is 0 Å². The molecule has 1 aliphatic heterocycles. The summed E-state index contributed by atoms with van der Waals surface area (Å²) in [4.78, 5) is 1.18. The molecule has 0 bridgehead atoms. The van der Waals surface area contributed by atoms with Crippen molar-refractivity contribution in [2.24, 2.45) is 0 Å². The van der Waals surface area contributed by atoms with Crippen molar-refractivity contribution in [3.63, 3.8) is 0 Å². The molecule has 0 amide bonds. The number of halogens is 1. The average molecular weight is 411 g/mol. The number of thioether (sulfide) groups is 1. The molecule has 0 radical (unpaired) electrons. The van der Waals surface area contributed by atoms with Gasteiger partial charge in [0, 0.05) is 9.92 Å². The zero-order valence-corrected chi connectivity index (χ0v) is 16.4. The fourth-order valence-electron chi connectivity index (χ4n) is 3.27. The monoisotopic (exact) mass is 410 g/mol. The molecule has 3 rings (SSSR count). The second-order valence-corrected chi connectivity index (χ2v) is 7.91. The normalized spacial score (nSPS) is 26.3. The summed E-state index contributed by atoms with van der Waals surface area (Å²) < 4.78 is 5.64. The molecule has 146 valence electrons.